The molecule has 29 heavy (non-hydrogen) atoms. The van der Waals surface area contributed by atoms with Crippen LogP contribution in [0.3, 0.4) is 0 Å². The number of ketones is 1. The first kappa shape index (κ1) is 20.5. The molecule has 0 N–H and O–H groups in total. The first-order valence-corrected chi connectivity index (χ1v) is 9.35. The number of methoxy groups -OCH3 is 1. The monoisotopic (exact) mass is 396 g/mol. The largest absolute Gasteiger partial charge is 0.493 e. The van der Waals surface area contributed by atoms with Crippen LogP contribution in [0.25, 0.3) is 6.08 Å². The summed E-state index contributed by atoms with van der Waals surface area (Å²) >= 11 is 0. The summed E-state index contributed by atoms with van der Waals surface area (Å²) in [5.74, 6) is 0.399. The van der Waals surface area contributed by atoms with Gasteiger partial charge in [0.2, 0.25) is 5.75 Å². The lowest BCUT2D eigenvalue weighted by molar-refractivity contribution is -0.386. The van der Waals surface area contributed by atoms with E-state index >= 15 is 0 Å². The van der Waals surface area contributed by atoms with Gasteiger partial charge in [-0.15, -0.1) is 0 Å². The van der Waals surface area contributed by atoms with Crippen molar-refractivity contribution in [3.63, 3.8) is 0 Å². The lowest BCUT2D eigenvalue weighted by Gasteiger charge is -2.23. The van der Waals surface area contributed by atoms with Crippen LogP contribution in [-0.2, 0) is 11.4 Å². The number of Topliss-reactive ketones (excluding diaryl/α,β-unsaturated/α-hetero) is 1. The van der Waals surface area contributed by atoms with Crippen molar-refractivity contribution >= 4 is 17.5 Å². The number of ether oxygens (including phenoxy) is 2. The standard InChI is InChI=1S/C22H24N2O5/c1-15-6-4-5-7-17(15)14-29-22-19(24(26)27)11-16(12-21(22)28-3)10-18-13-23(2)9-8-20(18)25/h4-7,10-12H,8-9,13-14H2,1-3H3/b18-10+. The predicted octanol–water partition coefficient (Wildman–Crippen LogP) is 3.78. The normalized spacial score (nSPS) is 16.1. The topological polar surface area (TPSA) is 81.9 Å². The molecular formula is C22H24N2O5. The Morgan fingerprint density at radius 3 is 2.72 bits per heavy atom. The van der Waals surface area contributed by atoms with E-state index in [1.807, 2.05) is 43.1 Å². The highest BCUT2D eigenvalue weighted by atomic mass is 16.6. The van der Waals surface area contributed by atoms with Crippen LogP contribution in [0.2, 0.25) is 0 Å². The number of hydrogen-bond acceptors (Lipinski definition) is 6. The molecule has 1 saturated heterocycles. The molecular weight excluding hydrogens is 372 g/mol. The van der Waals surface area contributed by atoms with E-state index in [0.717, 1.165) is 11.1 Å². The number of benzene rings is 2. The molecule has 0 amide bonds. The van der Waals surface area contributed by atoms with Crippen LogP contribution >= 0.6 is 0 Å². The van der Waals surface area contributed by atoms with E-state index in [1.165, 1.54) is 13.2 Å². The molecule has 2 aromatic rings. The molecule has 7 heteroatoms. The Morgan fingerprint density at radius 1 is 1.28 bits per heavy atom. The van der Waals surface area contributed by atoms with Gasteiger partial charge in [-0.3, -0.25) is 14.9 Å². The lowest BCUT2D eigenvalue weighted by atomic mass is 10.0. The quantitative estimate of drug-likeness (QED) is 0.420. The van der Waals surface area contributed by atoms with Crippen LogP contribution in [0, 0.1) is 17.0 Å². The van der Waals surface area contributed by atoms with Gasteiger partial charge in [-0.25, -0.2) is 0 Å². The van der Waals surface area contributed by atoms with Gasteiger partial charge in [-0.2, -0.15) is 0 Å². The molecule has 0 bridgehead atoms. The number of rotatable bonds is 6. The second-order valence-corrected chi connectivity index (χ2v) is 7.12. The van der Waals surface area contributed by atoms with Gasteiger partial charge in [0.25, 0.3) is 0 Å². The van der Waals surface area contributed by atoms with Crippen LogP contribution < -0.4 is 9.47 Å². The maximum atomic E-state index is 12.2. The molecule has 0 aliphatic carbocycles. The Balaban J connectivity index is 1.96. The fourth-order valence-corrected chi connectivity index (χ4v) is 3.28. The maximum absolute atomic E-state index is 12.2. The lowest BCUT2D eigenvalue weighted by Crippen LogP contribution is -2.32. The van der Waals surface area contributed by atoms with E-state index in [9.17, 15) is 14.9 Å². The molecule has 0 aromatic heterocycles. The number of piperidine rings is 1. The molecule has 0 atom stereocenters. The fourth-order valence-electron chi connectivity index (χ4n) is 3.28. The molecule has 1 fully saturated rings. The second-order valence-electron chi connectivity index (χ2n) is 7.12. The van der Waals surface area contributed by atoms with Crippen molar-refractivity contribution in [3.8, 4) is 11.5 Å². The molecule has 2 aromatic carbocycles. The average Bonchev–Trinajstić information content (AvgIpc) is 2.70. The van der Waals surface area contributed by atoms with Crippen molar-refractivity contribution in [3.05, 3.63) is 68.8 Å². The van der Waals surface area contributed by atoms with Gasteiger partial charge in [-0.05, 0) is 42.8 Å². The molecule has 7 nitrogen and oxygen atoms in total. The number of nitrogens with zero attached hydrogens (tertiary/aromatic N) is 2. The number of likely N-dealkylation sites (tertiary alicyclic amines) is 1. The van der Waals surface area contributed by atoms with E-state index in [4.69, 9.17) is 9.47 Å². The number of carbonyl (C=O) groups is 1. The summed E-state index contributed by atoms with van der Waals surface area (Å²) in [5, 5.41) is 11.7. The van der Waals surface area contributed by atoms with Gasteiger partial charge in [0.05, 0.1) is 12.0 Å². The zero-order valence-electron chi connectivity index (χ0n) is 16.8. The first-order chi connectivity index (χ1) is 13.9. The number of nitro groups is 1. The van der Waals surface area contributed by atoms with Crippen molar-refractivity contribution in [1.82, 2.24) is 4.90 Å². The minimum absolute atomic E-state index is 0.0598. The highest BCUT2D eigenvalue weighted by Crippen LogP contribution is 2.39. The number of carbonyl (C=O) groups excluding carboxylic acids is 1. The average molecular weight is 396 g/mol. The summed E-state index contributed by atoms with van der Waals surface area (Å²) in [5.41, 5.74) is 2.95. The van der Waals surface area contributed by atoms with E-state index in [1.54, 1.807) is 12.1 Å². The number of hydrogen-bond donors (Lipinski definition) is 0. The smallest absolute Gasteiger partial charge is 0.315 e. The van der Waals surface area contributed by atoms with Gasteiger partial charge in [-0.1, -0.05) is 24.3 Å². The fraction of sp³-hybridized carbons (Fsp3) is 0.318. The van der Waals surface area contributed by atoms with E-state index in [0.29, 0.717) is 30.6 Å². The van der Waals surface area contributed by atoms with Gasteiger partial charge in [0.15, 0.2) is 11.5 Å². The van der Waals surface area contributed by atoms with Gasteiger partial charge in [0.1, 0.15) is 6.61 Å². The highest BCUT2D eigenvalue weighted by Gasteiger charge is 2.24. The van der Waals surface area contributed by atoms with Crippen LogP contribution in [0.15, 0.2) is 42.0 Å². The van der Waals surface area contributed by atoms with Crippen molar-refractivity contribution < 1.29 is 19.2 Å². The zero-order valence-corrected chi connectivity index (χ0v) is 16.8. The summed E-state index contributed by atoms with van der Waals surface area (Å²) in [6.07, 6.45) is 2.14. The van der Waals surface area contributed by atoms with Crippen molar-refractivity contribution in [2.75, 3.05) is 27.2 Å². The summed E-state index contributed by atoms with van der Waals surface area (Å²) < 4.78 is 11.2. The van der Waals surface area contributed by atoms with Crippen molar-refractivity contribution in [2.45, 2.75) is 20.0 Å². The van der Waals surface area contributed by atoms with Crippen molar-refractivity contribution in [1.29, 1.82) is 0 Å². The molecule has 1 aliphatic rings. The second kappa shape index (κ2) is 8.87. The zero-order chi connectivity index (χ0) is 21.0. The maximum Gasteiger partial charge on any atom is 0.315 e. The Kier molecular flexibility index (Phi) is 6.29. The van der Waals surface area contributed by atoms with E-state index in [-0.39, 0.29) is 29.6 Å². The van der Waals surface area contributed by atoms with Gasteiger partial charge >= 0.3 is 5.69 Å². The molecule has 3 rings (SSSR count). The first-order valence-electron chi connectivity index (χ1n) is 9.35. The summed E-state index contributed by atoms with van der Waals surface area (Å²) in [6, 6.07) is 10.8. The third kappa shape index (κ3) is 4.81. The number of likely N-dealkylation sites (N-methyl/N-ethyl adjacent to an activating group) is 1. The Labute approximate surface area is 169 Å². The molecule has 1 heterocycles. The predicted molar refractivity (Wildman–Crippen MR) is 110 cm³/mol. The Morgan fingerprint density at radius 2 is 2.03 bits per heavy atom. The Bertz CT molecular complexity index is 968. The van der Waals surface area contributed by atoms with Crippen LogP contribution in [0.5, 0.6) is 11.5 Å². The van der Waals surface area contributed by atoms with Gasteiger partial charge < -0.3 is 14.4 Å². The minimum atomic E-state index is -0.494. The van der Waals surface area contributed by atoms with Crippen LogP contribution in [0.4, 0.5) is 5.69 Å². The molecule has 0 radical (unpaired) electrons. The Hall–Kier alpha value is -3.19. The molecule has 0 saturated carbocycles. The highest BCUT2D eigenvalue weighted by molar-refractivity contribution is 6.00. The number of nitro benzene ring substituents is 1. The summed E-state index contributed by atoms with van der Waals surface area (Å²) in [7, 11) is 3.38. The van der Waals surface area contributed by atoms with E-state index in [2.05, 4.69) is 0 Å². The SMILES string of the molecule is COc1cc(/C=C2\CN(C)CCC2=O)cc([N+](=O)[O-])c1OCc1ccccc1C. The molecule has 1 aliphatic heterocycles. The van der Waals surface area contributed by atoms with Crippen LogP contribution in [-0.4, -0.2) is 42.9 Å². The minimum Gasteiger partial charge on any atom is -0.493 e. The van der Waals surface area contributed by atoms with Crippen molar-refractivity contribution in [2.24, 2.45) is 0 Å². The van der Waals surface area contributed by atoms with Crippen LogP contribution in [0.1, 0.15) is 23.1 Å². The molecule has 152 valence electrons. The van der Waals surface area contributed by atoms with E-state index < -0.39 is 4.92 Å². The third-order valence-corrected chi connectivity index (χ3v) is 4.97. The third-order valence-electron chi connectivity index (χ3n) is 4.97. The van der Waals surface area contributed by atoms with Gasteiger partial charge in [0, 0.05) is 31.1 Å². The number of aryl methyl sites for hydroxylation is 1. The summed E-state index contributed by atoms with van der Waals surface area (Å²) in [4.78, 5) is 25.4. The summed E-state index contributed by atoms with van der Waals surface area (Å²) in [6.45, 7) is 3.37. The molecule has 0 unspecified atom stereocenters. The molecule has 0 spiro atoms.